The molecule has 0 spiro atoms. The lowest BCUT2D eigenvalue weighted by Gasteiger charge is -2.05. The molecule has 1 saturated carbocycles. The van der Waals surface area contributed by atoms with E-state index in [2.05, 4.69) is 11.8 Å². The third-order valence-corrected chi connectivity index (χ3v) is 3.38. The second kappa shape index (κ2) is 4.30. The van der Waals surface area contributed by atoms with Gasteiger partial charge in [0.2, 0.25) is 0 Å². The minimum atomic E-state index is 0.0162. The third-order valence-electron chi connectivity index (χ3n) is 3.38. The molecule has 5 radical (unpaired) electrons. The lowest BCUT2D eigenvalue weighted by Crippen LogP contribution is -2.20. The number of Topliss-reactive ketones (excluding diaryl/α,β-unsaturated/α-hetero) is 1. The molecule has 1 aromatic heterocycles. The van der Waals surface area contributed by atoms with Crippen molar-refractivity contribution in [1.82, 2.24) is 4.90 Å². The standard InChI is InChI=1S/C14H14NO2/c1-10-13(14(16)11-5-2-3-6-11)15(10)9-12-7-4-8-17-12/h2-8,10,13H,9H2,1H3/t10-,13+,15?/m1/s1. The first-order chi connectivity index (χ1) is 8.27. The molecule has 1 aliphatic carbocycles. The van der Waals surface area contributed by atoms with E-state index in [9.17, 15) is 4.79 Å². The molecule has 1 unspecified atom stereocenters. The quantitative estimate of drug-likeness (QED) is 0.737. The van der Waals surface area contributed by atoms with Gasteiger partial charge in [-0.3, -0.25) is 9.69 Å². The first kappa shape index (κ1) is 11.0. The number of nitrogens with zero attached hydrogens (tertiary/aromatic N) is 1. The molecular weight excluding hydrogens is 214 g/mol. The van der Waals surface area contributed by atoms with Gasteiger partial charge in [0.05, 0.1) is 24.8 Å². The van der Waals surface area contributed by atoms with Crippen LogP contribution in [-0.2, 0) is 11.3 Å². The summed E-state index contributed by atoms with van der Waals surface area (Å²) < 4.78 is 5.30. The Morgan fingerprint density at radius 1 is 1.41 bits per heavy atom. The molecule has 17 heavy (non-hydrogen) atoms. The van der Waals surface area contributed by atoms with Crippen LogP contribution in [0.4, 0.5) is 0 Å². The Hall–Kier alpha value is -1.09. The molecule has 3 atom stereocenters. The maximum Gasteiger partial charge on any atom is 0.159 e. The van der Waals surface area contributed by atoms with Crippen LogP contribution in [0.25, 0.3) is 0 Å². The molecule has 2 aliphatic rings. The number of rotatable bonds is 4. The monoisotopic (exact) mass is 228 g/mol. The number of carbonyl (C=O) groups is 1. The van der Waals surface area contributed by atoms with Crippen molar-refractivity contribution in [2.45, 2.75) is 25.6 Å². The molecule has 1 aromatic rings. The largest absolute Gasteiger partial charge is 0.468 e. The Morgan fingerprint density at radius 2 is 2.18 bits per heavy atom. The number of carbonyl (C=O) groups excluding carboxylic acids is 1. The van der Waals surface area contributed by atoms with Gasteiger partial charge < -0.3 is 4.42 Å². The predicted molar refractivity (Wildman–Crippen MR) is 63.0 cm³/mol. The van der Waals surface area contributed by atoms with E-state index < -0.39 is 0 Å². The lowest BCUT2D eigenvalue weighted by molar-refractivity contribution is -0.117. The predicted octanol–water partition coefficient (Wildman–Crippen LogP) is 1.83. The Bertz CT molecular complexity index is 392. The van der Waals surface area contributed by atoms with Crippen LogP contribution in [-0.4, -0.2) is 22.8 Å². The zero-order valence-corrected chi connectivity index (χ0v) is 9.67. The minimum Gasteiger partial charge on any atom is -0.468 e. The first-order valence-corrected chi connectivity index (χ1v) is 5.81. The Balaban J connectivity index is 1.60. The molecule has 3 nitrogen and oxygen atoms in total. The van der Waals surface area contributed by atoms with Gasteiger partial charge in [0, 0.05) is 6.04 Å². The fourth-order valence-corrected chi connectivity index (χ4v) is 2.31. The highest BCUT2D eigenvalue weighted by Gasteiger charge is 2.51. The van der Waals surface area contributed by atoms with Gasteiger partial charge in [-0.05, 0) is 44.7 Å². The van der Waals surface area contributed by atoms with Crippen LogP contribution < -0.4 is 0 Å². The third kappa shape index (κ3) is 2.04. The van der Waals surface area contributed by atoms with Crippen molar-refractivity contribution in [2.75, 3.05) is 0 Å². The molecular formula is C14H14NO2. The molecule has 3 heteroatoms. The molecule has 87 valence electrons. The summed E-state index contributed by atoms with van der Waals surface area (Å²) in [7, 11) is 0. The smallest absolute Gasteiger partial charge is 0.159 e. The van der Waals surface area contributed by atoms with Gasteiger partial charge in [-0.25, -0.2) is 0 Å². The van der Waals surface area contributed by atoms with Crippen molar-refractivity contribution >= 4 is 5.78 Å². The molecule has 0 N–H and O–H groups in total. The highest BCUT2D eigenvalue weighted by atomic mass is 16.3. The van der Waals surface area contributed by atoms with Crippen LogP contribution in [0.5, 0.6) is 0 Å². The Kier molecular flexibility index (Phi) is 2.79. The summed E-state index contributed by atoms with van der Waals surface area (Å²) in [5.74, 6) is 1.94. The summed E-state index contributed by atoms with van der Waals surface area (Å²) in [5.41, 5.74) is 0. The lowest BCUT2D eigenvalue weighted by atomic mass is 9.99. The Labute approximate surface area is 102 Å². The number of hydrogen-bond donors (Lipinski definition) is 0. The van der Waals surface area contributed by atoms with Crippen molar-refractivity contribution < 1.29 is 9.21 Å². The van der Waals surface area contributed by atoms with E-state index in [0.717, 1.165) is 11.7 Å². The summed E-state index contributed by atoms with van der Waals surface area (Å²) >= 11 is 0. The molecule has 0 aromatic carbocycles. The average molecular weight is 228 g/mol. The minimum absolute atomic E-state index is 0.0162. The van der Waals surface area contributed by atoms with Gasteiger partial charge >= 0.3 is 0 Å². The van der Waals surface area contributed by atoms with E-state index in [0.29, 0.717) is 12.6 Å². The number of ketones is 1. The number of furan rings is 1. The molecule has 0 amide bonds. The van der Waals surface area contributed by atoms with Gasteiger partial charge in [-0.1, -0.05) is 0 Å². The summed E-state index contributed by atoms with van der Waals surface area (Å²) in [6, 6.07) is 4.14. The maximum absolute atomic E-state index is 12.1. The topological polar surface area (TPSA) is 33.2 Å². The molecule has 2 heterocycles. The number of hydrogen-bond acceptors (Lipinski definition) is 3. The Morgan fingerprint density at radius 3 is 2.82 bits per heavy atom. The second-order valence-corrected chi connectivity index (χ2v) is 4.47. The van der Waals surface area contributed by atoms with Crippen molar-refractivity contribution in [3.8, 4) is 0 Å². The van der Waals surface area contributed by atoms with E-state index >= 15 is 0 Å². The second-order valence-electron chi connectivity index (χ2n) is 4.47. The zero-order valence-electron chi connectivity index (χ0n) is 9.67. The van der Waals surface area contributed by atoms with Crippen LogP contribution in [0.15, 0.2) is 22.8 Å². The summed E-state index contributed by atoms with van der Waals surface area (Å²) in [6.45, 7) is 2.79. The first-order valence-electron chi connectivity index (χ1n) is 5.81. The molecule has 1 saturated heterocycles. The van der Waals surface area contributed by atoms with Crippen LogP contribution >= 0.6 is 0 Å². The van der Waals surface area contributed by atoms with Gasteiger partial charge in [0.1, 0.15) is 5.76 Å². The summed E-state index contributed by atoms with van der Waals surface area (Å²) in [5, 5.41) is 0. The highest BCUT2D eigenvalue weighted by molar-refractivity contribution is 6.03. The normalized spacial score (nSPS) is 32.9. The SMILES string of the molecule is C[C@@H]1[C@@H](C(=O)[C]2[CH][CH][CH][CH]2)N1Cc1ccco1. The van der Waals surface area contributed by atoms with Gasteiger partial charge in [0.15, 0.2) is 5.78 Å². The maximum atomic E-state index is 12.1. The van der Waals surface area contributed by atoms with Gasteiger partial charge in [0.25, 0.3) is 0 Å². The van der Waals surface area contributed by atoms with Crippen molar-refractivity contribution in [3.63, 3.8) is 0 Å². The van der Waals surface area contributed by atoms with Crippen LogP contribution in [0, 0.1) is 31.6 Å². The van der Waals surface area contributed by atoms with E-state index in [1.165, 1.54) is 0 Å². The molecule has 0 bridgehead atoms. The van der Waals surface area contributed by atoms with Gasteiger partial charge in [-0.15, -0.1) is 0 Å². The van der Waals surface area contributed by atoms with E-state index in [-0.39, 0.29) is 11.8 Å². The fraction of sp³-hybridized carbons (Fsp3) is 0.286. The molecule has 1 aliphatic heterocycles. The van der Waals surface area contributed by atoms with Crippen LogP contribution in [0.2, 0.25) is 0 Å². The van der Waals surface area contributed by atoms with E-state index in [4.69, 9.17) is 4.42 Å². The molecule has 3 rings (SSSR count). The van der Waals surface area contributed by atoms with E-state index in [1.807, 2.05) is 37.8 Å². The van der Waals surface area contributed by atoms with Crippen molar-refractivity contribution in [2.24, 2.45) is 0 Å². The highest BCUT2D eigenvalue weighted by Crippen LogP contribution is 2.36. The average Bonchev–Trinajstić information content (AvgIpc) is 2.85. The van der Waals surface area contributed by atoms with Crippen molar-refractivity contribution in [1.29, 1.82) is 0 Å². The van der Waals surface area contributed by atoms with Crippen LogP contribution in [0.3, 0.4) is 0 Å². The summed E-state index contributed by atoms with van der Waals surface area (Å²) in [6.07, 6.45) is 9.21. The van der Waals surface area contributed by atoms with Gasteiger partial charge in [-0.2, -0.15) is 0 Å². The fourth-order valence-electron chi connectivity index (χ4n) is 2.31. The summed E-state index contributed by atoms with van der Waals surface area (Å²) in [4.78, 5) is 14.3. The molecule has 2 fully saturated rings. The zero-order chi connectivity index (χ0) is 11.8. The van der Waals surface area contributed by atoms with Crippen LogP contribution in [0.1, 0.15) is 12.7 Å². The van der Waals surface area contributed by atoms with Crippen molar-refractivity contribution in [3.05, 3.63) is 55.8 Å². The van der Waals surface area contributed by atoms with E-state index in [1.54, 1.807) is 6.26 Å².